The average Bonchev–Trinajstić information content (AvgIpc) is 2.60. The molecule has 2 aromatic rings. The van der Waals surface area contributed by atoms with Gasteiger partial charge in [0.25, 0.3) is 0 Å². The smallest absolute Gasteiger partial charge is 0.191 e. The molecule has 0 aliphatic heterocycles. The van der Waals surface area contributed by atoms with Crippen molar-refractivity contribution in [1.82, 2.24) is 10.6 Å². The molecule has 0 saturated heterocycles. The van der Waals surface area contributed by atoms with E-state index in [1.165, 1.54) is 11.1 Å². The van der Waals surface area contributed by atoms with E-state index in [0.29, 0.717) is 6.54 Å². The standard InChI is InChI=1S/C18H22ClN3O/c1-20-18(21-12-11-14-3-7-16(19)8-4-14)22-13-15-5-9-17(23-2)10-6-15/h3-10H,11-13H2,1-2H3,(H2,20,21,22). The van der Waals surface area contributed by atoms with Crippen molar-refractivity contribution < 1.29 is 4.74 Å². The van der Waals surface area contributed by atoms with Gasteiger partial charge in [0.05, 0.1) is 7.11 Å². The molecule has 0 bridgehead atoms. The molecule has 0 unspecified atom stereocenters. The largest absolute Gasteiger partial charge is 0.497 e. The van der Waals surface area contributed by atoms with Gasteiger partial charge in [-0.3, -0.25) is 4.99 Å². The first-order chi connectivity index (χ1) is 11.2. The van der Waals surface area contributed by atoms with Crippen LogP contribution in [0.4, 0.5) is 0 Å². The Morgan fingerprint density at radius 1 is 1.00 bits per heavy atom. The highest BCUT2D eigenvalue weighted by Gasteiger charge is 2.00. The molecule has 0 atom stereocenters. The summed E-state index contributed by atoms with van der Waals surface area (Å²) in [5.74, 6) is 1.65. The predicted molar refractivity (Wildman–Crippen MR) is 96.4 cm³/mol. The first-order valence-corrected chi connectivity index (χ1v) is 7.91. The van der Waals surface area contributed by atoms with Gasteiger partial charge in [-0.15, -0.1) is 0 Å². The number of rotatable bonds is 6. The van der Waals surface area contributed by atoms with Gasteiger partial charge < -0.3 is 15.4 Å². The third-order valence-electron chi connectivity index (χ3n) is 3.46. The zero-order valence-electron chi connectivity index (χ0n) is 13.5. The molecule has 0 heterocycles. The number of nitrogens with zero attached hydrogens (tertiary/aromatic N) is 1. The molecule has 0 spiro atoms. The molecule has 4 nitrogen and oxygen atoms in total. The van der Waals surface area contributed by atoms with E-state index in [1.807, 2.05) is 48.5 Å². The monoisotopic (exact) mass is 331 g/mol. The van der Waals surface area contributed by atoms with Gasteiger partial charge >= 0.3 is 0 Å². The maximum Gasteiger partial charge on any atom is 0.191 e. The van der Waals surface area contributed by atoms with Gasteiger partial charge in [-0.05, 0) is 41.8 Å². The Morgan fingerprint density at radius 3 is 2.26 bits per heavy atom. The summed E-state index contributed by atoms with van der Waals surface area (Å²) in [6.45, 7) is 1.52. The molecule has 0 saturated carbocycles. The van der Waals surface area contributed by atoms with Crippen LogP contribution in [0.3, 0.4) is 0 Å². The first-order valence-electron chi connectivity index (χ1n) is 7.53. The average molecular weight is 332 g/mol. The van der Waals surface area contributed by atoms with Crippen molar-refractivity contribution in [3.05, 3.63) is 64.7 Å². The van der Waals surface area contributed by atoms with E-state index in [0.717, 1.165) is 29.7 Å². The lowest BCUT2D eigenvalue weighted by molar-refractivity contribution is 0.414. The second-order valence-electron chi connectivity index (χ2n) is 5.08. The zero-order chi connectivity index (χ0) is 16.5. The quantitative estimate of drug-likeness (QED) is 0.631. The normalized spacial score (nSPS) is 11.2. The van der Waals surface area contributed by atoms with Crippen molar-refractivity contribution in [2.75, 3.05) is 20.7 Å². The lowest BCUT2D eigenvalue weighted by atomic mass is 10.1. The van der Waals surface area contributed by atoms with Gasteiger partial charge in [-0.1, -0.05) is 35.9 Å². The molecule has 2 N–H and O–H groups in total. The summed E-state index contributed by atoms with van der Waals surface area (Å²) in [7, 11) is 3.44. The molecular weight excluding hydrogens is 310 g/mol. The van der Waals surface area contributed by atoms with Crippen molar-refractivity contribution in [2.45, 2.75) is 13.0 Å². The summed E-state index contributed by atoms with van der Waals surface area (Å²) >= 11 is 5.88. The third-order valence-corrected chi connectivity index (χ3v) is 3.71. The van der Waals surface area contributed by atoms with E-state index in [1.54, 1.807) is 14.2 Å². The first kappa shape index (κ1) is 17.2. The van der Waals surface area contributed by atoms with E-state index in [-0.39, 0.29) is 0 Å². The Balaban J connectivity index is 1.75. The fourth-order valence-corrected chi connectivity index (χ4v) is 2.25. The van der Waals surface area contributed by atoms with E-state index in [2.05, 4.69) is 15.6 Å². The number of nitrogens with one attached hydrogen (secondary N) is 2. The molecule has 5 heteroatoms. The zero-order valence-corrected chi connectivity index (χ0v) is 14.2. The Bertz CT molecular complexity index is 624. The minimum Gasteiger partial charge on any atom is -0.497 e. The summed E-state index contributed by atoms with van der Waals surface area (Å²) in [6, 6.07) is 15.9. The molecule has 0 fully saturated rings. The highest BCUT2D eigenvalue weighted by Crippen LogP contribution is 2.11. The van der Waals surface area contributed by atoms with E-state index >= 15 is 0 Å². The van der Waals surface area contributed by atoms with E-state index in [4.69, 9.17) is 16.3 Å². The predicted octanol–water partition coefficient (Wildman–Crippen LogP) is 3.26. The van der Waals surface area contributed by atoms with Crippen LogP contribution in [0.25, 0.3) is 0 Å². The molecule has 23 heavy (non-hydrogen) atoms. The summed E-state index contributed by atoms with van der Waals surface area (Å²) in [5.41, 5.74) is 2.42. The van der Waals surface area contributed by atoms with Gasteiger partial charge in [0.15, 0.2) is 5.96 Å². The SMILES string of the molecule is CN=C(NCCc1ccc(Cl)cc1)NCc1ccc(OC)cc1. The molecule has 0 aliphatic carbocycles. The number of methoxy groups -OCH3 is 1. The number of hydrogen-bond donors (Lipinski definition) is 2. The van der Waals surface area contributed by atoms with Crippen molar-refractivity contribution >= 4 is 17.6 Å². The number of ether oxygens (including phenoxy) is 1. The minimum atomic E-state index is 0.713. The Morgan fingerprint density at radius 2 is 1.65 bits per heavy atom. The van der Waals surface area contributed by atoms with Crippen LogP contribution < -0.4 is 15.4 Å². The number of halogens is 1. The van der Waals surface area contributed by atoms with Crippen LogP contribution in [-0.4, -0.2) is 26.7 Å². The maximum atomic E-state index is 5.88. The fourth-order valence-electron chi connectivity index (χ4n) is 2.13. The molecule has 0 aromatic heterocycles. The molecule has 2 rings (SSSR count). The number of aliphatic imine (C=N–C) groups is 1. The Kier molecular flexibility index (Phi) is 6.76. The highest BCUT2D eigenvalue weighted by atomic mass is 35.5. The van der Waals surface area contributed by atoms with Crippen LogP contribution in [0.5, 0.6) is 5.75 Å². The van der Waals surface area contributed by atoms with E-state index in [9.17, 15) is 0 Å². The van der Waals surface area contributed by atoms with Gasteiger partial charge in [-0.2, -0.15) is 0 Å². The van der Waals surface area contributed by atoms with Crippen molar-refractivity contribution in [3.8, 4) is 5.75 Å². The molecular formula is C18H22ClN3O. The molecule has 0 amide bonds. The second-order valence-corrected chi connectivity index (χ2v) is 5.51. The van der Waals surface area contributed by atoms with Crippen molar-refractivity contribution in [2.24, 2.45) is 4.99 Å². The minimum absolute atomic E-state index is 0.713. The summed E-state index contributed by atoms with van der Waals surface area (Å²) < 4.78 is 5.15. The number of hydrogen-bond acceptors (Lipinski definition) is 2. The summed E-state index contributed by atoms with van der Waals surface area (Å²) in [5, 5.41) is 7.36. The molecule has 0 aliphatic rings. The highest BCUT2D eigenvalue weighted by molar-refractivity contribution is 6.30. The lowest BCUT2D eigenvalue weighted by Crippen LogP contribution is -2.37. The Hall–Kier alpha value is -2.20. The van der Waals surface area contributed by atoms with Crippen molar-refractivity contribution in [3.63, 3.8) is 0 Å². The van der Waals surface area contributed by atoms with Gasteiger partial charge in [0.2, 0.25) is 0 Å². The van der Waals surface area contributed by atoms with Crippen LogP contribution in [0.2, 0.25) is 5.02 Å². The summed E-state index contributed by atoms with van der Waals surface area (Å²) in [6.07, 6.45) is 0.917. The number of benzene rings is 2. The third kappa shape index (κ3) is 5.83. The molecule has 122 valence electrons. The summed E-state index contributed by atoms with van der Waals surface area (Å²) in [4.78, 5) is 4.23. The second kappa shape index (κ2) is 9.06. The van der Waals surface area contributed by atoms with Crippen LogP contribution in [0.1, 0.15) is 11.1 Å². The van der Waals surface area contributed by atoms with Gasteiger partial charge in [0, 0.05) is 25.2 Å². The van der Waals surface area contributed by atoms with Crippen LogP contribution in [0, 0.1) is 0 Å². The van der Waals surface area contributed by atoms with Gasteiger partial charge in [-0.25, -0.2) is 0 Å². The molecule has 2 aromatic carbocycles. The lowest BCUT2D eigenvalue weighted by Gasteiger charge is -2.12. The van der Waals surface area contributed by atoms with Crippen molar-refractivity contribution in [1.29, 1.82) is 0 Å². The Labute approximate surface area is 142 Å². The van der Waals surface area contributed by atoms with Crippen LogP contribution in [-0.2, 0) is 13.0 Å². The number of guanidine groups is 1. The fraction of sp³-hybridized carbons (Fsp3) is 0.278. The topological polar surface area (TPSA) is 45.7 Å². The molecule has 0 radical (unpaired) electrons. The maximum absolute atomic E-state index is 5.88. The van der Waals surface area contributed by atoms with Crippen LogP contribution in [0.15, 0.2) is 53.5 Å². The van der Waals surface area contributed by atoms with E-state index < -0.39 is 0 Å². The van der Waals surface area contributed by atoms with Gasteiger partial charge in [0.1, 0.15) is 5.75 Å². The van der Waals surface area contributed by atoms with Crippen LogP contribution >= 0.6 is 11.6 Å².